The number of ketones is 1. The van der Waals surface area contributed by atoms with E-state index in [4.69, 9.17) is 11.6 Å². The fraction of sp³-hybridized carbons (Fsp3) is 0.286. The number of halogens is 3. The first-order valence-electron chi connectivity index (χ1n) is 6.12. The van der Waals surface area contributed by atoms with E-state index in [0.717, 1.165) is 5.69 Å². The zero-order chi connectivity index (χ0) is 14.9. The van der Waals surface area contributed by atoms with Gasteiger partial charge in [-0.3, -0.25) is 9.48 Å². The highest BCUT2D eigenvalue weighted by Gasteiger charge is 2.17. The van der Waals surface area contributed by atoms with Gasteiger partial charge >= 0.3 is 0 Å². The van der Waals surface area contributed by atoms with Crippen LogP contribution < -0.4 is 0 Å². The van der Waals surface area contributed by atoms with Gasteiger partial charge in [0.1, 0.15) is 5.82 Å². The lowest BCUT2D eigenvalue weighted by molar-refractivity contribution is 0.0990. The summed E-state index contributed by atoms with van der Waals surface area (Å²) in [6, 6.07) is 4.32. The second-order valence-corrected chi connectivity index (χ2v) is 5.65. The normalized spacial score (nSPS) is 10.8. The highest BCUT2D eigenvalue weighted by molar-refractivity contribution is 9.10. The molecule has 0 saturated carbocycles. The molecule has 0 aliphatic carbocycles. The molecule has 0 amide bonds. The van der Waals surface area contributed by atoms with Crippen LogP contribution in [-0.2, 0) is 19.9 Å². The van der Waals surface area contributed by atoms with Gasteiger partial charge in [0.05, 0.1) is 27.3 Å². The van der Waals surface area contributed by atoms with Gasteiger partial charge in [0.25, 0.3) is 0 Å². The minimum atomic E-state index is -0.457. The summed E-state index contributed by atoms with van der Waals surface area (Å²) < 4.78 is 15.4. The largest absolute Gasteiger partial charge is 0.294 e. The van der Waals surface area contributed by atoms with Crippen molar-refractivity contribution in [3.63, 3.8) is 0 Å². The van der Waals surface area contributed by atoms with E-state index in [2.05, 4.69) is 21.0 Å². The average molecular weight is 360 g/mol. The Hall–Kier alpha value is -1.20. The van der Waals surface area contributed by atoms with Gasteiger partial charge in [-0.2, -0.15) is 5.10 Å². The summed E-state index contributed by atoms with van der Waals surface area (Å²) in [6.45, 7) is 1.95. The molecule has 0 saturated heterocycles. The summed E-state index contributed by atoms with van der Waals surface area (Å²) in [5, 5.41) is 4.77. The van der Waals surface area contributed by atoms with Gasteiger partial charge in [-0.25, -0.2) is 4.39 Å². The average Bonchev–Trinajstić information content (AvgIpc) is 2.69. The fourth-order valence-corrected chi connectivity index (χ4v) is 2.54. The topological polar surface area (TPSA) is 34.9 Å². The van der Waals surface area contributed by atoms with E-state index < -0.39 is 5.82 Å². The molecule has 0 unspecified atom stereocenters. The third kappa shape index (κ3) is 2.94. The molecule has 1 heterocycles. The summed E-state index contributed by atoms with van der Waals surface area (Å²) in [5.74, 6) is -0.648. The minimum Gasteiger partial charge on any atom is -0.294 e. The summed E-state index contributed by atoms with van der Waals surface area (Å²) in [5.41, 5.74) is 1.73. The number of carbonyl (C=O) groups excluding carboxylic acids is 1. The van der Waals surface area contributed by atoms with Crippen LogP contribution in [0.5, 0.6) is 0 Å². The number of aromatic nitrogens is 2. The van der Waals surface area contributed by atoms with Crippen LogP contribution in [-0.4, -0.2) is 15.6 Å². The standard InChI is InChI=1S/C14H13BrClFN2O/c1-3-11-14(16)12(19(2)18-11)7-13(20)8-4-5-9(15)10(17)6-8/h4-6H,3,7H2,1-2H3. The number of hydrogen-bond donors (Lipinski definition) is 0. The molecule has 1 aromatic carbocycles. The molecule has 20 heavy (non-hydrogen) atoms. The second kappa shape index (κ2) is 6.06. The number of aryl methyl sites for hydroxylation is 2. The maximum Gasteiger partial charge on any atom is 0.168 e. The summed E-state index contributed by atoms with van der Waals surface area (Å²) in [6.07, 6.45) is 0.803. The molecule has 2 aromatic rings. The third-order valence-electron chi connectivity index (χ3n) is 3.07. The highest BCUT2D eigenvalue weighted by Crippen LogP contribution is 2.23. The van der Waals surface area contributed by atoms with Crippen molar-refractivity contribution < 1.29 is 9.18 Å². The van der Waals surface area contributed by atoms with Crippen LogP contribution in [0.4, 0.5) is 4.39 Å². The number of rotatable bonds is 4. The molecule has 0 bridgehead atoms. The number of benzene rings is 1. The van der Waals surface area contributed by atoms with Crippen LogP contribution in [0.2, 0.25) is 5.02 Å². The quantitative estimate of drug-likeness (QED) is 0.774. The molecule has 106 valence electrons. The highest BCUT2D eigenvalue weighted by atomic mass is 79.9. The van der Waals surface area contributed by atoms with Gasteiger partial charge in [-0.1, -0.05) is 24.6 Å². The van der Waals surface area contributed by atoms with Gasteiger partial charge in [0, 0.05) is 12.6 Å². The SMILES string of the molecule is CCc1nn(C)c(CC(=O)c2ccc(Br)c(F)c2)c1Cl. The zero-order valence-corrected chi connectivity index (χ0v) is 13.4. The summed E-state index contributed by atoms with van der Waals surface area (Å²) >= 11 is 9.26. The first-order valence-corrected chi connectivity index (χ1v) is 7.29. The van der Waals surface area contributed by atoms with Crippen molar-refractivity contribution in [2.45, 2.75) is 19.8 Å². The molecule has 0 atom stereocenters. The molecule has 0 spiro atoms. The molecule has 0 fully saturated rings. The zero-order valence-electron chi connectivity index (χ0n) is 11.1. The number of carbonyl (C=O) groups is 1. The van der Waals surface area contributed by atoms with E-state index in [-0.39, 0.29) is 12.2 Å². The molecule has 2 rings (SSSR count). The first kappa shape index (κ1) is 15.2. The lowest BCUT2D eigenvalue weighted by Gasteiger charge is -2.04. The van der Waals surface area contributed by atoms with Crippen molar-refractivity contribution in [1.29, 1.82) is 0 Å². The smallest absolute Gasteiger partial charge is 0.168 e. The van der Waals surface area contributed by atoms with Crippen LogP contribution in [0.15, 0.2) is 22.7 Å². The van der Waals surface area contributed by atoms with E-state index in [1.54, 1.807) is 17.8 Å². The van der Waals surface area contributed by atoms with Crippen LogP contribution in [0.25, 0.3) is 0 Å². The molecule has 0 aliphatic rings. The Morgan fingerprint density at radius 1 is 1.50 bits per heavy atom. The Labute approximate surface area is 129 Å². The lowest BCUT2D eigenvalue weighted by Crippen LogP contribution is -2.08. The Morgan fingerprint density at radius 3 is 2.75 bits per heavy atom. The van der Waals surface area contributed by atoms with Crippen LogP contribution >= 0.6 is 27.5 Å². The number of nitrogens with zero attached hydrogens (tertiary/aromatic N) is 2. The third-order valence-corrected chi connectivity index (χ3v) is 4.15. The Morgan fingerprint density at radius 2 is 2.20 bits per heavy atom. The molecule has 0 N–H and O–H groups in total. The van der Waals surface area contributed by atoms with E-state index in [1.807, 2.05) is 6.92 Å². The first-order chi connectivity index (χ1) is 9.43. The van der Waals surface area contributed by atoms with Crippen LogP contribution in [0, 0.1) is 5.82 Å². The van der Waals surface area contributed by atoms with Crippen LogP contribution in [0.3, 0.4) is 0 Å². The van der Waals surface area contributed by atoms with Crippen molar-refractivity contribution >= 4 is 33.3 Å². The summed E-state index contributed by atoms with van der Waals surface area (Å²) in [4.78, 5) is 12.2. The lowest BCUT2D eigenvalue weighted by atomic mass is 10.1. The molecular formula is C14H13BrClFN2O. The van der Waals surface area contributed by atoms with E-state index in [1.165, 1.54) is 12.1 Å². The Balaban J connectivity index is 2.28. The van der Waals surface area contributed by atoms with Crippen molar-refractivity contribution in [2.75, 3.05) is 0 Å². The number of Topliss-reactive ketones (excluding diaryl/α,β-unsaturated/α-hetero) is 1. The second-order valence-electron chi connectivity index (χ2n) is 4.41. The van der Waals surface area contributed by atoms with Gasteiger partial charge in [-0.15, -0.1) is 0 Å². The monoisotopic (exact) mass is 358 g/mol. The van der Waals surface area contributed by atoms with Gasteiger partial charge in [0.15, 0.2) is 5.78 Å². The van der Waals surface area contributed by atoms with Gasteiger partial charge in [-0.05, 0) is 34.5 Å². The van der Waals surface area contributed by atoms with Crippen LogP contribution in [0.1, 0.15) is 28.7 Å². The van der Waals surface area contributed by atoms with Gasteiger partial charge in [0.2, 0.25) is 0 Å². The molecular weight excluding hydrogens is 347 g/mol. The van der Waals surface area contributed by atoms with Crippen molar-refractivity contribution in [3.8, 4) is 0 Å². The molecule has 0 aliphatic heterocycles. The molecule has 6 heteroatoms. The maximum absolute atomic E-state index is 13.5. The van der Waals surface area contributed by atoms with Crippen molar-refractivity contribution in [2.24, 2.45) is 7.05 Å². The Bertz CT molecular complexity index is 669. The Kier molecular flexibility index (Phi) is 4.60. The van der Waals surface area contributed by atoms with Gasteiger partial charge < -0.3 is 0 Å². The summed E-state index contributed by atoms with van der Waals surface area (Å²) in [7, 11) is 1.75. The van der Waals surface area contributed by atoms with E-state index >= 15 is 0 Å². The number of hydrogen-bond acceptors (Lipinski definition) is 2. The van der Waals surface area contributed by atoms with E-state index in [9.17, 15) is 9.18 Å². The molecule has 1 aromatic heterocycles. The van der Waals surface area contributed by atoms with Crippen molar-refractivity contribution in [3.05, 3.63) is 50.5 Å². The minimum absolute atomic E-state index is 0.101. The van der Waals surface area contributed by atoms with Crippen molar-refractivity contribution in [1.82, 2.24) is 9.78 Å². The predicted octanol–water partition coefficient (Wildman–Crippen LogP) is 3.96. The predicted molar refractivity (Wildman–Crippen MR) is 79.7 cm³/mol. The fourth-order valence-electron chi connectivity index (χ4n) is 1.94. The maximum atomic E-state index is 13.5. The molecule has 3 nitrogen and oxygen atoms in total. The van der Waals surface area contributed by atoms with E-state index in [0.29, 0.717) is 27.2 Å². The molecule has 0 radical (unpaired) electrons.